The van der Waals surface area contributed by atoms with E-state index in [-0.39, 0.29) is 24.2 Å². The molecular formula is C10H11ClN4O4. The Balaban J connectivity index is 2.07. The maximum Gasteiger partial charge on any atom is 0.408 e. The number of hydrogen-bond acceptors (Lipinski definition) is 5. The number of carboxylic acids is 1. The van der Waals surface area contributed by atoms with Crippen molar-refractivity contribution in [3.05, 3.63) is 17.5 Å². The van der Waals surface area contributed by atoms with Gasteiger partial charge in [0.15, 0.2) is 0 Å². The molecule has 0 aromatic carbocycles. The Morgan fingerprint density at radius 2 is 2.16 bits per heavy atom. The summed E-state index contributed by atoms with van der Waals surface area (Å²) in [6, 6.07) is 0.108. The van der Waals surface area contributed by atoms with Crippen LogP contribution in [0.2, 0.25) is 5.15 Å². The summed E-state index contributed by atoms with van der Waals surface area (Å²) in [4.78, 5) is 30.5. The second-order valence-corrected chi connectivity index (χ2v) is 4.48. The molecule has 2 heterocycles. The molecule has 1 aromatic heterocycles. The number of aromatic nitrogens is 2. The second kappa shape index (κ2) is 5.27. The third-order valence-corrected chi connectivity index (χ3v) is 3.02. The van der Waals surface area contributed by atoms with Crippen LogP contribution in [-0.2, 0) is 4.79 Å². The first-order chi connectivity index (χ1) is 8.97. The van der Waals surface area contributed by atoms with Crippen molar-refractivity contribution in [2.75, 3.05) is 11.9 Å². The number of amides is 1. The highest BCUT2D eigenvalue weighted by Crippen LogP contribution is 2.21. The van der Waals surface area contributed by atoms with Crippen LogP contribution in [0.5, 0.6) is 0 Å². The predicted molar refractivity (Wildman–Crippen MR) is 65.2 cm³/mol. The molecule has 0 spiro atoms. The summed E-state index contributed by atoms with van der Waals surface area (Å²) in [6.07, 6.45) is 0.185. The molecule has 2 atom stereocenters. The molecule has 0 bridgehead atoms. The fourth-order valence-electron chi connectivity index (χ4n) is 2.01. The number of anilines is 1. The van der Waals surface area contributed by atoms with Gasteiger partial charge in [0.1, 0.15) is 23.3 Å². The van der Waals surface area contributed by atoms with E-state index in [1.54, 1.807) is 0 Å². The van der Waals surface area contributed by atoms with Crippen LogP contribution in [-0.4, -0.2) is 55.8 Å². The van der Waals surface area contributed by atoms with Crippen molar-refractivity contribution in [3.63, 3.8) is 0 Å². The van der Waals surface area contributed by atoms with E-state index in [0.717, 1.165) is 4.90 Å². The van der Waals surface area contributed by atoms with Crippen LogP contribution < -0.4 is 5.32 Å². The Morgan fingerprint density at radius 3 is 2.68 bits per heavy atom. The number of halogens is 1. The van der Waals surface area contributed by atoms with E-state index >= 15 is 0 Å². The van der Waals surface area contributed by atoms with Crippen LogP contribution >= 0.6 is 11.6 Å². The van der Waals surface area contributed by atoms with Gasteiger partial charge in [-0.3, -0.25) is 4.90 Å². The molecule has 0 aliphatic carbocycles. The zero-order chi connectivity index (χ0) is 14.0. The number of rotatable bonds is 3. The van der Waals surface area contributed by atoms with Crippen LogP contribution in [0.15, 0.2) is 12.4 Å². The van der Waals surface area contributed by atoms with Gasteiger partial charge >= 0.3 is 12.1 Å². The molecular weight excluding hydrogens is 276 g/mol. The van der Waals surface area contributed by atoms with Crippen LogP contribution in [0, 0.1) is 0 Å². The van der Waals surface area contributed by atoms with Gasteiger partial charge in [0, 0.05) is 25.1 Å². The van der Waals surface area contributed by atoms with E-state index in [9.17, 15) is 9.59 Å². The van der Waals surface area contributed by atoms with Crippen LogP contribution in [0.3, 0.4) is 0 Å². The summed E-state index contributed by atoms with van der Waals surface area (Å²) in [6.45, 7) is 0.0773. The van der Waals surface area contributed by atoms with Gasteiger partial charge in [0.2, 0.25) is 0 Å². The fourth-order valence-corrected chi connectivity index (χ4v) is 2.15. The van der Waals surface area contributed by atoms with Gasteiger partial charge in [0.25, 0.3) is 0 Å². The number of carboxylic acid groups (broad SMARTS) is 2. The van der Waals surface area contributed by atoms with Gasteiger partial charge < -0.3 is 15.5 Å². The fraction of sp³-hybridized carbons (Fsp3) is 0.400. The number of hydrogen-bond donors (Lipinski definition) is 3. The number of carbonyl (C=O) groups is 2. The van der Waals surface area contributed by atoms with Crippen molar-refractivity contribution in [1.82, 2.24) is 14.9 Å². The summed E-state index contributed by atoms with van der Waals surface area (Å²) in [5.41, 5.74) is 0. The van der Waals surface area contributed by atoms with Gasteiger partial charge in [0.05, 0.1) is 0 Å². The van der Waals surface area contributed by atoms with Crippen LogP contribution in [0.25, 0.3) is 0 Å². The predicted octanol–water partition coefficient (Wildman–Crippen LogP) is 0.747. The molecule has 102 valence electrons. The number of nitrogens with one attached hydrogen (secondary N) is 1. The third-order valence-electron chi connectivity index (χ3n) is 2.82. The standard InChI is InChI=1S/C10H11ClN4O4/c11-7-2-8(13-4-12-7)14-5-1-6(9(16)17)15(3-5)10(18)19/h2,4-6H,1,3H2,(H,16,17)(H,18,19)(H,12,13,14)/t5-,6-/m0/s1. The molecule has 0 radical (unpaired) electrons. The second-order valence-electron chi connectivity index (χ2n) is 4.09. The van der Waals surface area contributed by atoms with E-state index in [0.29, 0.717) is 5.82 Å². The van der Waals surface area contributed by atoms with E-state index in [1.165, 1.54) is 12.4 Å². The maximum atomic E-state index is 11.0. The zero-order valence-electron chi connectivity index (χ0n) is 9.65. The van der Waals surface area contributed by atoms with Gasteiger partial charge in [-0.15, -0.1) is 0 Å². The molecule has 1 aliphatic rings. The Hall–Kier alpha value is -2.09. The average Bonchev–Trinajstić information content (AvgIpc) is 2.73. The lowest BCUT2D eigenvalue weighted by molar-refractivity contribution is -0.141. The molecule has 1 amide bonds. The first kappa shape index (κ1) is 13.3. The topological polar surface area (TPSA) is 116 Å². The molecule has 2 rings (SSSR count). The van der Waals surface area contributed by atoms with Crippen molar-refractivity contribution in [2.24, 2.45) is 0 Å². The summed E-state index contributed by atoms with van der Waals surface area (Å²) in [7, 11) is 0. The molecule has 1 aromatic rings. The normalized spacial score (nSPS) is 22.3. The first-order valence-corrected chi connectivity index (χ1v) is 5.81. The lowest BCUT2D eigenvalue weighted by Gasteiger charge is -2.16. The van der Waals surface area contributed by atoms with Crippen molar-refractivity contribution >= 4 is 29.5 Å². The molecule has 0 unspecified atom stereocenters. The molecule has 1 fully saturated rings. The Labute approximate surface area is 113 Å². The van der Waals surface area contributed by atoms with E-state index in [2.05, 4.69) is 15.3 Å². The van der Waals surface area contributed by atoms with Crippen molar-refractivity contribution in [2.45, 2.75) is 18.5 Å². The highest BCUT2D eigenvalue weighted by Gasteiger charge is 2.39. The van der Waals surface area contributed by atoms with Crippen molar-refractivity contribution < 1.29 is 19.8 Å². The number of likely N-dealkylation sites (tertiary alicyclic amines) is 1. The summed E-state index contributed by atoms with van der Waals surface area (Å²) < 4.78 is 0. The Morgan fingerprint density at radius 1 is 1.42 bits per heavy atom. The summed E-state index contributed by atoms with van der Waals surface area (Å²) >= 11 is 5.70. The van der Waals surface area contributed by atoms with Crippen molar-refractivity contribution in [3.8, 4) is 0 Å². The Bertz CT molecular complexity index is 490. The number of aliphatic carboxylic acids is 1. The molecule has 1 saturated heterocycles. The maximum absolute atomic E-state index is 11.0. The lowest BCUT2D eigenvalue weighted by atomic mass is 10.2. The molecule has 1 aliphatic heterocycles. The molecule has 3 N–H and O–H groups in total. The largest absolute Gasteiger partial charge is 0.480 e. The molecule has 0 saturated carbocycles. The van der Waals surface area contributed by atoms with Gasteiger partial charge in [-0.1, -0.05) is 11.6 Å². The highest BCUT2D eigenvalue weighted by molar-refractivity contribution is 6.29. The summed E-state index contributed by atoms with van der Waals surface area (Å²) in [5.74, 6) is -0.728. The average molecular weight is 287 g/mol. The van der Waals surface area contributed by atoms with E-state index in [1.807, 2.05) is 0 Å². The van der Waals surface area contributed by atoms with Gasteiger partial charge in [-0.05, 0) is 0 Å². The summed E-state index contributed by atoms with van der Waals surface area (Å²) in [5, 5.41) is 21.1. The lowest BCUT2D eigenvalue weighted by Crippen LogP contribution is -2.39. The van der Waals surface area contributed by atoms with E-state index in [4.69, 9.17) is 21.8 Å². The van der Waals surface area contributed by atoms with Crippen molar-refractivity contribution in [1.29, 1.82) is 0 Å². The van der Waals surface area contributed by atoms with Crippen LogP contribution in [0.1, 0.15) is 6.42 Å². The highest BCUT2D eigenvalue weighted by atomic mass is 35.5. The van der Waals surface area contributed by atoms with Crippen LogP contribution in [0.4, 0.5) is 10.6 Å². The van der Waals surface area contributed by atoms with E-state index < -0.39 is 18.1 Å². The van der Waals surface area contributed by atoms with Gasteiger partial charge in [-0.2, -0.15) is 0 Å². The zero-order valence-corrected chi connectivity index (χ0v) is 10.4. The SMILES string of the molecule is O=C(O)[C@@H]1C[C@H](Nc2cc(Cl)ncn2)CN1C(=O)O. The minimum Gasteiger partial charge on any atom is -0.480 e. The molecule has 8 nitrogen and oxygen atoms in total. The molecule has 9 heteroatoms. The first-order valence-electron chi connectivity index (χ1n) is 5.44. The number of nitrogens with zero attached hydrogens (tertiary/aromatic N) is 3. The van der Waals surface area contributed by atoms with Gasteiger partial charge in [-0.25, -0.2) is 19.6 Å². The third kappa shape index (κ3) is 3.02. The minimum atomic E-state index is -1.25. The monoisotopic (exact) mass is 286 g/mol. The molecule has 19 heavy (non-hydrogen) atoms. The Kier molecular flexibility index (Phi) is 3.70. The minimum absolute atomic E-state index is 0.0773. The smallest absolute Gasteiger partial charge is 0.408 e. The quantitative estimate of drug-likeness (QED) is 0.702.